The van der Waals surface area contributed by atoms with Gasteiger partial charge in [0.15, 0.2) is 0 Å². The van der Waals surface area contributed by atoms with Crippen molar-refractivity contribution in [2.45, 2.75) is 19.4 Å². The van der Waals surface area contributed by atoms with Crippen molar-refractivity contribution in [1.82, 2.24) is 5.32 Å². The van der Waals surface area contributed by atoms with E-state index in [2.05, 4.69) is 33.5 Å². The maximum atomic E-state index is 11.9. The molecule has 1 aliphatic rings. The van der Waals surface area contributed by atoms with Crippen molar-refractivity contribution < 1.29 is 4.79 Å². The molecule has 1 heterocycles. The van der Waals surface area contributed by atoms with E-state index in [1.165, 1.54) is 0 Å². The Morgan fingerprint density at radius 1 is 1.56 bits per heavy atom. The van der Waals surface area contributed by atoms with Crippen LogP contribution in [0.3, 0.4) is 0 Å². The second-order valence-electron chi connectivity index (χ2n) is 4.20. The first-order chi connectivity index (χ1) is 7.66. The Kier molecular flexibility index (Phi) is 3.61. The van der Waals surface area contributed by atoms with Crippen LogP contribution in [0.5, 0.6) is 0 Å². The molecule has 0 radical (unpaired) electrons. The average Bonchev–Trinajstić information content (AvgIpc) is 2.64. The summed E-state index contributed by atoms with van der Waals surface area (Å²) in [6.07, 6.45) is 1.07. The van der Waals surface area contributed by atoms with E-state index in [0.717, 1.165) is 23.1 Å². The zero-order valence-corrected chi connectivity index (χ0v) is 10.8. The standard InChI is InChI=1S/C12H15BrN2O/c1-8-5-6-14-11(8)12(16)15-10-4-2-3-9(13)7-10/h2-4,7-8,11,14H,5-6H2,1H3,(H,15,16). The molecule has 1 aromatic rings. The van der Waals surface area contributed by atoms with Crippen LogP contribution in [0.1, 0.15) is 13.3 Å². The molecule has 0 bridgehead atoms. The molecule has 86 valence electrons. The molecule has 2 N–H and O–H groups in total. The molecule has 1 fully saturated rings. The molecule has 0 saturated carbocycles. The van der Waals surface area contributed by atoms with E-state index in [1.54, 1.807) is 0 Å². The molecule has 2 unspecified atom stereocenters. The maximum absolute atomic E-state index is 11.9. The molecule has 0 aromatic heterocycles. The summed E-state index contributed by atoms with van der Waals surface area (Å²) in [6.45, 7) is 3.03. The summed E-state index contributed by atoms with van der Waals surface area (Å²) in [7, 11) is 0. The molecule has 1 aliphatic heterocycles. The smallest absolute Gasteiger partial charge is 0.241 e. The number of halogens is 1. The van der Waals surface area contributed by atoms with E-state index in [-0.39, 0.29) is 11.9 Å². The Morgan fingerprint density at radius 2 is 2.38 bits per heavy atom. The molecule has 1 amide bonds. The minimum absolute atomic E-state index is 0.0565. The topological polar surface area (TPSA) is 41.1 Å². The lowest BCUT2D eigenvalue weighted by Gasteiger charge is -2.15. The van der Waals surface area contributed by atoms with Crippen LogP contribution in [-0.4, -0.2) is 18.5 Å². The number of carbonyl (C=O) groups excluding carboxylic acids is 1. The highest BCUT2D eigenvalue weighted by Gasteiger charge is 2.29. The van der Waals surface area contributed by atoms with Gasteiger partial charge in [-0.25, -0.2) is 0 Å². The van der Waals surface area contributed by atoms with Crippen LogP contribution in [0.25, 0.3) is 0 Å². The number of nitrogens with one attached hydrogen (secondary N) is 2. The SMILES string of the molecule is CC1CCNC1C(=O)Nc1cccc(Br)c1. The average molecular weight is 283 g/mol. The van der Waals surface area contributed by atoms with Crippen molar-refractivity contribution in [3.63, 3.8) is 0 Å². The molecule has 2 atom stereocenters. The van der Waals surface area contributed by atoms with E-state index in [1.807, 2.05) is 24.3 Å². The van der Waals surface area contributed by atoms with Crippen molar-refractivity contribution >= 4 is 27.5 Å². The highest BCUT2D eigenvalue weighted by Crippen LogP contribution is 2.19. The van der Waals surface area contributed by atoms with Crippen LogP contribution in [0.4, 0.5) is 5.69 Å². The van der Waals surface area contributed by atoms with E-state index >= 15 is 0 Å². The predicted molar refractivity (Wildman–Crippen MR) is 68.3 cm³/mol. The van der Waals surface area contributed by atoms with Crippen LogP contribution in [0.2, 0.25) is 0 Å². The highest BCUT2D eigenvalue weighted by molar-refractivity contribution is 9.10. The van der Waals surface area contributed by atoms with E-state index in [0.29, 0.717) is 5.92 Å². The number of anilines is 1. The first kappa shape index (κ1) is 11.6. The summed E-state index contributed by atoms with van der Waals surface area (Å²) >= 11 is 3.38. The molecular formula is C12H15BrN2O. The second kappa shape index (κ2) is 4.97. The van der Waals surface area contributed by atoms with Crippen molar-refractivity contribution in [2.75, 3.05) is 11.9 Å². The van der Waals surface area contributed by atoms with Gasteiger partial charge in [-0.05, 0) is 37.1 Å². The van der Waals surface area contributed by atoms with Gasteiger partial charge in [-0.1, -0.05) is 28.9 Å². The zero-order valence-electron chi connectivity index (χ0n) is 9.16. The normalized spacial score (nSPS) is 24.4. The minimum atomic E-state index is -0.0565. The number of amides is 1. The number of hydrogen-bond acceptors (Lipinski definition) is 2. The lowest BCUT2D eigenvalue weighted by Crippen LogP contribution is -2.39. The van der Waals surface area contributed by atoms with Gasteiger partial charge in [-0.15, -0.1) is 0 Å². The second-order valence-corrected chi connectivity index (χ2v) is 5.11. The van der Waals surface area contributed by atoms with Crippen molar-refractivity contribution in [3.05, 3.63) is 28.7 Å². The Hall–Kier alpha value is -0.870. The maximum Gasteiger partial charge on any atom is 0.241 e. The van der Waals surface area contributed by atoms with Crippen LogP contribution in [-0.2, 0) is 4.79 Å². The summed E-state index contributed by atoms with van der Waals surface area (Å²) in [6, 6.07) is 7.58. The first-order valence-electron chi connectivity index (χ1n) is 5.46. The summed E-state index contributed by atoms with van der Waals surface area (Å²) in [5, 5.41) is 6.14. The highest BCUT2D eigenvalue weighted by atomic mass is 79.9. The van der Waals surface area contributed by atoms with Gasteiger partial charge in [0.05, 0.1) is 6.04 Å². The quantitative estimate of drug-likeness (QED) is 0.875. The Morgan fingerprint density at radius 3 is 3.00 bits per heavy atom. The molecule has 3 nitrogen and oxygen atoms in total. The third-order valence-electron chi connectivity index (χ3n) is 2.91. The largest absolute Gasteiger partial charge is 0.325 e. The van der Waals surface area contributed by atoms with E-state index in [4.69, 9.17) is 0 Å². The molecule has 4 heteroatoms. The molecular weight excluding hydrogens is 268 g/mol. The van der Waals surface area contributed by atoms with Crippen LogP contribution in [0, 0.1) is 5.92 Å². The van der Waals surface area contributed by atoms with Gasteiger partial charge in [-0.2, -0.15) is 0 Å². The van der Waals surface area contributed by atoms with Gasteiger partial charge in [0.2, 0.25) is 5.91 Å². The molecule has 2 rings (SSSR count). The summed E-state index contributed by atoms with van der Waals surface area (Å²) < 4.78 is 0.970. The van der Waals surface area contributed by atoms with Gasteiger partial charge in [-0.3, -0.25) is 4.79 Å². The summed E-state index contributed by atoms with van der Waals surface area (Å²) in [5.41, 5.74) is 0.834. The fourth-order valence-electron chi connectivity index (χ4n) is 1.97. The lowest BCUT2D eigenvalue weighted by molar-refractivity contribution is -0.118. The predicted octanol–water partition coefficient (Wildman–Crippen LogP) is 2.39. The number of hydrogen-bond donors (Lipinski definition) is 2. The molecule has 16 heavy (non-hydrogen) atoms. The molecule has 1 saturated heterocycles. The molecule has 0 spiro atoms. The molecule has 1 aromatic carbocycles. The van der Waals surface area contributed by atoms with Crippen molar-refractivity contribution in [2.24, 2.45) is 5.92 Å². The van der Waals surface area contributed by atoms with E-state index < -0.39 is 0 Å². The third-order valence-corrected chi connectivity index (χ3v) is 3.40. The number of rotatable bonds is 2. The first-order valence-corrected chi connectivity index (χ1v) is 6.26. The van der Waals surface area contributed by atoms with Crippen LogP contribution in [0.15, 0.2) is 28.7 Å². The lowest BCUT2D eigenvalue weighted by atomic mass is 10.0. The number of carbonyl (C=O) groups is 1. The minimum Gasteiger partial charge on any atom is -0.325 e. The number of benzene rings is 1. The van der Waals surface area contributed by atoms with Gasteiger partial charge in [0.1, 0.15) is 0 Å². The third kappa shape index (κ3) is 2.62. The summed E-state index contributed by atoms with van der Waals surface area (Å²) in [5.74, 6) is 0.468. The Balaban J connectivity index is 2.02. The Bertz CT molecular complexity index is 394. The van der Waals surface area contributed by atoms with Crippen LogP contribution >= 0.6 is 15.9 Å². The monoisotopic (exact) mass is 282 g/mol. The zero-order chi connectivity index (χ0) is 11.5. The summed E-state index contributed by atoms with van der Waals surface area (Å²) in [4.78, 5) is 11.9. The fourth-order valence-corrected chi connectivity index (χ4v) is 2.37. The van der Waals surface area contributed by atoms with Gasteiger partial charge in [0, 0.05) is 10.2 Å². The van der Waals surface area contributed by atoms with Gasteiger partial charge in [0.25, 0.3) is 0 Å². The van der Waals surface area contributed by atoms with Gasteiger partial charge < -0.3 is 10.6 Å². The fraction of sp³-hybridized carbons (Fsp3) is 0.417. The van der Waals surface area contributed by atoms with E-state index in [9.17, 15) is 4.79 Å². The Labute approximate surface area is 104 Å². The van der Waals surface area contributed by atoms with Gasteiger partial charge >= 0.3 is 0 Å². The van der Waals surface area contributed by atoms with Crippen molar-refractivity contribution in [3.8, 4) is 0 Å². The molecule has 0 aliphatic carbocycles. The van der Waals surface area contributed by atoms with Crippen molar-refractivity contribution in [1.29, 1.82) is 0 Å². The van der Waals surface area contributed by atoms with Crippen LogP contribution < -0.4 is 10.6 Å².